The maximum atomic E-state index is 12.2. The van der Waals surface area contributed by atoms with E-state index in [9.17, 15) is 9.59 Å². The highest BCUT2D eigenvalue weighted by Crippen LogP contribution is 2.32. The molecule has 0 aliphatic carbocycles. The lowest BCUT2D eigenvalue weighted by molar-refractivity contribution is -0.120. The smallest absolute Gasteiger partial charge is 0.259 e. The lowest BCUT2D eigenvalue weighted by atomic mass is 10.2. The summed E-state index contributed by atoms with van der Waals surface area (Å²) in [5.74, 6) is 0.773. The molecule has 1 aliphatic rings. The van der Waals surface area contributed by atoms with E-state index < -0.39 is 11.8 Å². The van der Waals surface area contributed by atoms with Crippen molar-refractivity contribution in [1.82, 2.24) is 10.7 Å². The Morgan fingerprint density at radius 2 is 2.00 bits per heavy atom. The Hall–Kier alpha value is -3.26. The molecular weight excluding hydrogens is 398 g/mol. The number of carbonyl (C=O) groups excluding carboxylic acids is 2. The number of hydrazone groups is 1. The molecule has 3 rings (SSSR count). The predicted octanol–water partition coefficient (Wildman–Crippen LogP) is 2.74. The molecule has 152 valence electrons. The van der Waals surface area contributed by atoms with Crippen molar-refractivity contribution in [2.75, 3.05) is 13.3 Å². The van der Waals surface area contributed by atoms with E-state index in [1.54, 1.807) is 36.4 Å². The second kappa shape index (κ2) is 9.29. The number of rotatable bonds is 7. The number of nitrogens with zero attached hydrogens (tertiary/aromatic N) is 1. The van der Waals surface area contributed by atoms with Crippen molar-refractivity contribution < 1.29 is 23.8 Å². The van der Waals surface area contributed by atoms with Crippen molar-refractivity contribution in [2.24, 2.45) is 5.10 Å². The van der Waals surface area contributed by atoms with Crippen LogP contribution in [0, 0.1) is 0 Å². The van der Waals surface area contributed by atoms with Crippen molar-refractivity contribution in [3.8, 4) is 17.2 Å². The molecule has 0 radical (unpaired) electrons. The first-order valence-electron chi connectivity index (χ1n) is 8.88. The molecule has 2 aromatic carbocycles. The summed E-state index contributed by atoms with van der Waals surface area (Å²) >= 11 is 6.00. The topological polar surface area (TPSA) is 98.2 Å². The lowest BCUT2D eigenvalue weighted by Crippen LogP contribution is -2.34. The number of ether oxygens (including phenoxy) is 3. The second-order valence-corrected chi connectivity index (χ2v) is 6.83. The summed E-state index contributed by atoms with van der Waals surface area (Å²) in [6.07, 6.45) is 1.41. The van der Waals surface area contributed by atoms with Gasteiger partial charge in [0, 0.05) is 16.1 Å². The van der Waals surface area contributed by atoms with E-state index in [0.717, 1.165) is 0 Å². The zero-order valence-corrected chi connectivity index (χ0v) is 16.7. The number of halogens is 1. The number of carbonyl (C=O) groups is 2. The summed E-state index contributed by atoms with van der Waals surface area (Å²) < 4.78 is 16.1. The van der Waals surface area contributed by atoms with E-state index in [1.807, 2.05) is 13.8 Å². The summed E-state index contributed by atoms with van der Waals surface area (Å²) in [6.45, 7) is 3.69. The zero-order valence-electron chi connectivity index (χ0n) is 15.9. The predicted molar refractivity (Wildman–Crippen MR) is 108 cm³/mol. The van der Waals surface area contributed by atoms with E-state index in [4.69, 9.17) is 25.8 Å². The summed E-state index contributed by atoms with van der Waals surface area (Å²) in [6, 6.07) is 9.91. The van der Waals surface area contributed by atoms with Gasteiger partial charge in [-0.3, -0.25) is 9.59 Å². The van der Waals surface area contributed by atoms with Crippen molar-refractivity contribution in [1.29, 1.82) is 0 Å². The third-order valence-electron chi connectivity index (χ3n) is 3.77. The molecule has 0 spiro atoms. The van der Waals surface area contributed by atoms with Gasteiger partial charge in [0.05, 0.1) is 18.9 Å². The average molecular weight is 418 g/mol. The fourth-order valence-electron chi connectivity index (χ4n) is 2.50. The SMILES string of the molecule is CC(C)Oc1ccc(Cl)cc1/C=N\NC(=O)CNC(=O)c1ccc2c(c1)OCO2. The number of nitrogens with one attached hydrogen (secondary N) is 2. The van der Waals surface area contributed by atoms with E-state index >= 15 is 0 Å². The minimum absolute atomic E-state index is 0.0238. The average Bonchev–Trinajstić information content (AvgIpc) is 3.15. The van der Waals surface area contributed by atoms with Crippen LogP contribution in [0.5, 0.6) is 17.2 Å². The third kappa shape index (κ3) is 5.61. The molecule has 2 aromatic rings. The van der Waals surface area contributed by atoms with E-state index in [0.29, 0.717) is 33.4 Å². The van der Waals surface area contributed by atoms with Crippen LogP contribution in [0.3, 0.4) is 0 Å². The monoisotopic (exact) mass is 417 g/mol. The van der Waals surface area contributed by atoms with Crippen LogP contribution in [-0.4, -0.2) is 37.5 Å². The Bertz CT molecular complexity index is 946. The highest BCUT2D eigenvalue weighted by Gasteiger charge is 2.16. The molecule has 29 heavy (non-hydrogen) atoms. The van der Waals surface area contributed by atoms with Gasteiger partial charge >= 0.3 is 0 Å². The summed E-state index contributed by atoms with van der Waals surface area (Å²) in [4.78, 5) is 24.1. The van der Waals surface area contributed by atoms with Crippen LogP contribution in [0.1, 0.15) is 29.8 Å². The molecule has 2 amide bonds. The van der Waals surface area contributed by atoms with Gasteiger partial charge in [-0.1, -0.05) is 11.6 Å². The number of fused-ring (bicyclic) bond motifs is 1. The van der Waals surface area contributed by atoms with Gasteiger partial charge in [0.25, 0.3) is 11.8 Å². The zero-order chi connectivity index (χ0) is 20.8. The van der Waals surface area contributed by atoms with Crippen LogP contribution < -0.4 is 25.0 Å². The normalized spacial score (nSPS) is 12.3. The molecule has 9 heteroatoms. The molecule has 1 heterocycles. The van der Waals surface area contributed by atoms with Gasteiger partial charge in [0.2, 0.25) is 6.79 Å². The van der Waals surface area contributed by atoms with Gasteiger partial charge in [-0.2, -0.15) is 5.10 Å². The van der Waals surface area contributed by atoms with Crippen molar-refractivity contribution in [3.05, 3.63) is 52.5 Å². The fourth-order valence-corrected chi connectivity index (χ4v) is 2.68. The number of benzene rings is 2. The Kier molecular flexibility index (Phi) is 6.56. The Morgan fingerprint density at radius 1 is 1.21 bits per heavy atom. The Balaban J connectivity index is 1.52. The van der Waals surface area contributed by atoms with Crippen LogP contribution in [0.15, 0.2) is 41.5 Å². The van der Waals surface area contributed by atoms with Crippen molar-refractivity contribution in [2.45, 2.75) is 20.0 Å². The molecule has 0 fully saturated rings. The van der Waals surface area contributed by atoms with Crippen LogP contribution in [0.25, 0.3) is 0 Å². The molecule has 0 unspecified atom stereocenters. The molecule has 8 nitrogen and oxygen atoms in total. The van der Waals surface area contributed by atoms with E-state index in [2.05, 4.69) is 15.8 Å². The van der Waals surface area contributed by atoms with Crippen LogP contribution in [0.4, 0.5) is 0 Å². The first kappa shape index (κ1) is 20.5. The van der Waals surface area contributed by atoms with Gasteiger partial charge in [-0.15, -0.1) is 0 Å². The first-order valence-corrected chi connectivity index (χ1v) is 9.26. The highest BCUT2D eigenvalue weighted by atomic mass is 35.5. The Labute approximate surface area is 172 Å². The molecular formula is C20H20ClN3O5. The van der Waals surface area contributed by atoms with Gasteiger partial charge in [0.1, 0.15) is 5.75 Å². The number of amides is 2. The quantitative estimate of drug-likeness (QED) is 0.533. The van der Waals surface area contributed by atoms with Crippen LogP contribution >= 0.6 is 11.6 Å². The minimum atomic E-state index is -0.483. The first-order chi connectivity index (χ1) is 13.9. The number of hydrogen-bond acceptors (Lipinski definition) is 6. The van der Waals surface area contributed by atoms with Crippen molar-refractivity contribution >= 4 is 29.6 Å². The van der Waals surface area contributed by atoms with Crippen molar-refractivity contribution in [3.63, 3.8) is 0 Å². The van der Waals surface area contributed by atoms with Gasteiger partial charge in [0.15, 0.2) is 11.5 Å². The second-order valence-electron chi connectivity index (χ2n) is 6.39. The summed E-state index contributed by atoms with van der Waals surface area (Å²) in [7, 11) is 0. The molecule has 0 bridgehead atoms. The largest absolute Gasteiger partial charge is 0.490 e. The van der Waals surface area contributed by atoms with Gasteiger partial charge in [-0.25, -0.2) is 5.43 Å². The highest BCUT2D eigenvalue weighted by molar-refractivity contribution is 6.30. The van der Waals surface area contributed by atoms with Gasteiger partial charge < -0.3 is 19.5 Å². The summed E-state index contributed by atoms with van der Waals surface area (Å²) in [5, 5.41) is 6.93. The molecule has 0 saturated carbocycles. The molecule has 0 atom stereocenters. The summed E-state index contributed by atoms with van der Waals surface area (Å²) in [5.41, 5.74) is 3.33. The van der Waals surface area contributed by atoms with Crippen LogP contribution in [-0.2, 0) is 4.79 Å². The maximum Gasteiger partial charge on any atom is 0.259 e. The van der Waals surface area contributed by atoms with E-state index in [-0.39, 0.29) is 19.4 Å². The molecule has 0 aromatic heterocycles. The fraction of sp³-hybridized carbons (Fsp3) is 0.250. The maximum absolute atomic E-state index is 12.2. The van der Waals surface area contributed by atoms with E-state index in [1.165, 1.54) is 6.21 Å². The molecule has 2 N–H and O–H groups in total. The minimum Gasteiger partial charge on any atom is -0.490 e. The lowest BCUT2D eigenvalue weighted by Gasteiger charge is -2.12. The Morgan fingerprint density at radius 3 is 2.79 bits per heavy atom. The number of hydrogen-bond donors (Lipinski definition) is 2. The van der Waals surface area contributed by atoms with Gasteiger partial charge in [-0.05, 0) is 50.2 Å². The van der Waals surface area contributed by atoms with Crippen LogP contribution in [0.2, 0.25) is 5.02 Å². The molecule has 1 aliphatic heterocycles. The molecule has 0 saturated heterocycles. The third-order valence-corrected chi connectivity index (χ3v) is 4.01. The standard InChI is InChI=1S/C20H20ClN3O5/c1-12(2)29-16-6-4-15(21)7-14(16)9-23-24-19(25)10-22-20(26)13-3-5-17-18(8-13)28-11-27-17/h3-9,12H,10-11H2,1-2H3,(H,22,26)(H,24,25)/b23-9-.